The maximum absolute atomic E-state index is 9.03. The standard InChI is InChI=1S/C16H15NO3S.C9H13BO5/c1-18-11-9-12-13(15(20-3)14(11)19-2)17-16(21-12)10-7-5-4-6-8-10;1-13-7-4-6(10(11)12)5-8(14-2)9(7)15-3/h4-9H,1-3H3;4-5,11-12H,1-3H3. The third-order valence-corrected chi connectivity index (χ3v) is 6.25. The van der Waals surface area contributed by atoms with Crippen LogP contribution >= 0.6 is 11.3 Å². The predicted octanol–water partition coefficient (Wildman–Crippen LogP) is 3.38. The number of fused-ring (bicyclic) bond motifs is 1. The van der Waals surface area contributed by atoms with Crippen LogP contribution in [0.2, 0.25) is 0 Å². The summed E-state index contributed by atoms with van der Waals surface area (Å²) in [5.41, 5.74) is 2.15. The van der Waals surface area contributed by atoms with E-state index in [4.69, 9.17) is 43.5 Å². The van der Waals surface area contributed by atoms with Crippen molar-refractivity contribution in [1.29, 1.82) is 0 Å². The first-order chi connectivity index (χ1) is 17.4. The van der Waals surface area contributed by atoms with E-state index in [1.165, 1.54) is 33.5 Å². The zero-order valence-electron chi connectivity index (χ0n) is 20.9. The molecule has 3 aromatic carbocycles. The first-order valence-corrected chi connectivity index (χ1v) is 11.5. The van der Waals surface area contributed by atoms with Crippen LogP contribution in [0.15, 0.2) is 48.5 Å². The Bertz CT molecular complexity index is 1270. The molecule has 0 amide bonds. The third kappa shape index (κ3) is 5.59. The monoisotopic (exact) mass is 513 g/mol. The van der Waals surface area contributed by atoms with Crippen molar-refractivity contribution in [3.63, 3.8) is 0 Å². The van der Waals surface area contributed by atoms with E-state index in [0.29, 0.717) is 34.5 Å². The minimum Gasteiger partial charge on any atom is -0.493 e. The van der Waals surface area contributed by atoms with Crippen molar-refractivity contribution in [2.45, 2.75) is 0 Å². The van der Waals surface area contributed by atoms with Crippen LogP contribution in [0.3, 0.4) is 0 Å². The van der Waals surface area contributed by atoms with Crippen LogP contribution in [0.4, 0.5) is 0 Å². The molecule has 0 unspecified atom stereocenters. The zero-order valence-corrected chi connectivity index (χ0v) is 21.7. The van der Waals surface area contributed by atoms with Crippen molar-refractivity contribution < 1.29 is 38.5 Å². The minimum atomic E-state index is -1.57. The number of nitrogens with zero attached hydrogens (tertiary/aromatic N) is 1. The molecule has 0 aliphatic heterocycles. The lowest BCUT2D eigenvalue weighted by Gasteiger charge is -2.13. The fourth-order valence-electron chi connectivity index (χ4n) is 3.49. The summed E-state index contributed by atoms with van der Waals surface area (Å²) < 4.78 is 32.4. The third-order valence-electron chi connectivity index (χ3n) is 5.19. The molecule has 1 aromatic heterocycles. The Labute approximate surface area is 213 Å². The molecule has 0 saturated heterocycles. The van der Waals surface area contributed by atoms with Gasteiger partial charge in [-0.1, -0.05) is 30.3 Å². The van der Waals surface area contributed by atoms with E-state index in [-0.39, 0.29) is 5.46 Å². The Balaban J connectivity index is 0.000000214. The van der Waals surface area contributed by atoms with E-state index >= 15 is 0 Å². The number of thiazole rings is 1. The highest BCUT2D eigenvalue weighted by atomic mass is 32.1. The number of rotatable bonds is 8. The fraction of sp³-hybridized carbons (Fsp3) is 0.240. The molecule has 0 aliphatic carbocycles. The van der Waals surface area contributed by atoms with Gasteiger partial charge in [0.15, 0.2) is 23.0 Å². The molecule has 9 nitrogen and oxygen atoms in total. The van der Waals surface area contributed by atoms with Gasteiger partial charge in [-0.25, -0.2) is 4.98 Å². The molecule has 0 bridgehead atoms. The molecular formula is C25H28BNO8S. The van der Waals surface area contributed by atoms with Crippen molar-refractivity contribution >= 4 is 34.1 Å². The van der Waals surface area contributed by atoms with Crippen LogP contribution in [-0.4, -0.2) is 64.8 Å². The molecule has 0 aliphatic rings. The zero-order chi connectivity index (χ0) is 26.2. The first kappa shape index (κ1) is 26.9. The number of methoxy groups -OCH3 is 6. The SMILES string of the molecule is COc1cc(B(O)O)cc(OC)c1OC.COc1cc2sc(-c3ccccc3)nc2c(OC)c1OC. The van der Waals surface area contributed by atoms with Gasteiger partial charge in [0.05, 0.1) is 47.4 Å². The van der Waals surface area contributed by atoms with E-state index < -0.39 is 7.12 Å². The Morgan fingerprint density at radius 1 is 0.667 bits per heavy atom. The highest BCUT2D eigenvalue weighted by Crippen LogP contribution is 2.46. The molecule has 36 heavy (non-hydrogen) atoms. The van der Waals surface area contributed by atoms with Crippen molar-refractivity contribution in [3.8, 4) is 45.1 Å². The number of hydrogen-bond donors (Lipinski definition) is 2. The Morgan fingerprint density at radius 2 is 1.19 bits per heavy atom. The molecule has 2 N–H and O–H groups in total. The molecule has 4 aromatic rings. The average Bonchev–Trinajstić information content (AvgIpc) is 3.35. The summed E-state index contributed by atoms with van der Waals surface area (Å²) >= 11 is 1.60. The highest BCUT2D eigenvalue weighted by Gasteiger charge is 2.20. The summed E-state index contributed by atoms with van der Waals surface area (Å²) in [7, 11) is 7.65. The minimum absolute atomic E-state index is 0.282. The van der Waals surface area contributed by atoms with E-state index in [1.807, 2.05) is 36.4 Å². The molecule has 0 fully saturated rings. The first-order valence-electron chi connectivity index (χ1n) is 10.7. The molecule has 0 atom stereocenters. The van der Waals surface area contributed by atoms with Crippen molar-refractivity contribution in [1.82, 2.24) is 4.98 Å². The number of benzene rings is 3. The molecule has 0 spiro atoms. The smallest absolute Gasteiger partial charge is 0.488 e. The van der Waals surface area contributed by atoms with Gasteiger partial charge in [-0.15, -0.1) is 11.3 Å². The second-order valence-electron chi connectivity index (χ2n) is 7.21. The summed E-state index contributed by atoms with van der Waals surface area (Å²) in [6.45, 7) is 0. The Kier molecular flexibility index (Phi) is 9.23. The van der Waals surface area contributed by atoms with E-state index in [2.05, 4.69) is 0 Å². The van der Waals surface area contributed by atoms with Crippen LogP contribution in [0.1, 0.15) is 0 Å². The second-order valence-corrected chi connectivity index (χ2v) is 8.24. The average molecular weight is 513 g/mol. The summed E-state index contributed by atoms with van der Waals surface area (Å²) in [6, 6.07) is 15.0. The summed E-state index contributed by atoms with van der Waals surface area (Å²) in [5, 5.41) is 19.0. The van der Waals surface area contributed by atoms with Gasteiger partial charge in [0.2, 0.25) is 11.5 Å². The van der Waals surface area contributed by atoms with E-state index in [9.17, 15) is 0 Å². The lowest BCUT2D eigenvalue weighted by atomic mass is 9.80. The van der Waals surface area contributed by atoms with Gasteiger partial charge < -0.3 is 38.5 Å². The van der Waals surface area contributed by atoms with Crippen LogP contribution in [0, 0.1) is 0 Å². The van der Waals surface area contributed by atoms with Crippen molar-refractivity contribution in [2.24, 2.45) is 0 Å². The molecule has 190 valence electrons. The summed E-state index contributed by atoms with van der Waals surface area (Å²) in [6.07, 6.45) is 0. The molecule has 1 heterocycles. The van der Waals surface area contributed by atoms with E-state index in [0.717, 1.165) is 20.8 Å². The van der Waals surface area contributed by atoms with Crippen molar-refractivity contribution in [3.05, 3.63) is 48.5 Å². The predicted molar refractivity (Wildman–Crippen MR) is 141 cm³/mol. The molecular weight excluding hydrogens is 485 g/mol. The van der Waals surface area contributed by atoms with E-state index in [1.54, 1.807) is 32.7 Å². The van der Waals surface area contributed by atoms with Gasteiger partial charge in [-0.05, 0) is 17.6 Å². The largest absolute Gasteiger partial charge is 0.493 e. The van der Waals surface area contributed by atoms with Gasteiger partial charge in [-0.2, -0.15) is 0 Å². The van der Waals surface area contributed by atoms with Gasteiger partial charge in [-0.3, -0.25) is 0 Å². The number of aromatic nitrogens is 1. The van der Waals surface area contributed by atoms with Crippen LogP contribution in [0.5, 0.6) is 34.5 Å². The molecule has 4 rings (SSSR count). The summed E-state index contributed by atoms with van der Waals surface area (Å²) in [4.78, 5) is 4.70. The van der Waals surface area contributed by atoms with Crippen LogP contribution in [0.25, 0.3) is 20.8 Å². The Morgan fingerprint density at radius 3 is 1.67 bits per heavy atom. The fourth-order valence-corrected chi connectivity index (χ4v) is 4.49. The van der Waals surface area contributed by atoms with Gasteiger partial charge in [0.25, 0.3) is 0 Å². The lowest BCUT2D eigenvalue weighted by molar-refractivity contribution is 0.324. The maximum atomic E-state index is 9.03. The van der Waals surface area contributed by atoms with Crippen molar-refractivity contribution in [2.75, 3.05) is 42.7 Å². The Hall–Kier alpha value is -3.67. The summed E-state index contributed by atoms with van der Waals surface area (Å²) in [5.74, 6) is 3.01. The maximum Gasteiger partial charge on any atom is 0.488 e. The second kappa shape index (κ2) is 12.3. The normalized spacial score (nSPS) is 10.2. The molecule has 11 heteroatoms. The van der Waals surface area contributed by atoms with Gasteiger partial charge in [0, 0.05) is 11.6 Å². The van der Waals surface area contributed by atoms with Crippen LogP contribution < -0.4 is 33.9 Å². The molecule has 0 saturated carbocycles. The quantitative estimate of drug-likeness (QED) is 0.343. The van der Waals surface area contributed by atoms with Gasteiger partial charge in [0.1, 0.15) is 10.5 Å². The van der Waals surface area contributed by atoms with Gasteiger partial charge >= 0.3 is 7.12 Å². The number of hydrogen-bond acceptors (Lipinski definition) is 10. The lowest BCUT2D eigenvalue weighted by Crippen LogP contribution is -2.30. The topological polar surface area (TPSA) is 109 Å². The van der Waals surface area contributed by atoms with Crippen LogP contribution in [-0.2, 0) is 0 Å². The molecule has 0 radical (unpaired) electrons. The highest BCUT2D eigenvalue weighted by molar-refractivity contribution is 7.21. The number of ether oxygens (including phenoxy) is 6.